The highest BCUT2D eigenvalue weighted by atomic mass is 16.4. The lowest BCUT2D eigenvalue weighted by Crippen LogP contribution is -2.40. The Morgan fingerprint density at radius 3 is 1.60 bits per heavy atom. The van der Waals surface area contributed by atoms with Gasteiger partial charge < -0.3 is 13.3 Å². The Morgan fingerprint density at radius 1 is 0.680 bits per heavy atom. The molecule has 132 valence electrons. The molecule has 0 aromatic carbocycles. The van der Waals surface area contributed by atoms with Crippen molar-refractivity contribution in [2.24, 2.45) is 0 Å². The van der Waals surface area contributed by atoms with Gasteiger partial charge in [0.25, 0.3) is 0 Å². The average molecular weight is 338 g/mol. The smallest absolute Gasteiger partial charge is 0.117 e. The van der Waals surface area contributed by atoms with E-state index in [0.717, 1.165) is 60.2 Å². The molecule has 3 heteroatoms. The minimum atomic E-state index is -0.240. The third-order valence-electron chi connectivity index (χ3n) is 5.78. The first-order valence-electron chi connectivity index (χ1n) is 9.12. The first-order valence-corrected chi connectivity index (χ1v) is 9.12. The lowest BCUT2D eigenvalue weighted by molar-refractivity contribution is 0.157. The minimum Gasteiger partial charge on any atom is -0.466 e. The van der Waals surface area contributed by atoms with Gasteiger partial charge in [0, 0.05) is 5.41 Å². The fraction of sp³-hybridized carbons (Fsp3) is 0.455. The minimum absolute atomic E-state index is 0.0338. The number of rotatable bonds is 3. The topological polar surface area (TPSA) is 39.4 Å². The molecule has 0 aliphatic heterocycles. The first-order chi connectivity index (χ1) is 11.9. The van der Waals surface area contributed by atoms with E-state index in [-0.39, 0.29) is 10.8 Å². The van der Waals surface area contributed by atoms with Crippen molar-refractivity contribution in [1.82, 2.24) is 0 Å². The van der Waals surface area contributed by atoms with E-state index < -0.39 is 0 Å². The zero-order valence-electron chi connectivity index (χ0n) is 15.5. The second kappa shape index (κ2) is 5.69. The van der Waals surface area contributed by atoms with Crippen LogP contribution in [0.15, 0.2) is 49.6 Å². The number of furan rings is 3. The van der Waals surface area contributed by atoms with Gasteiger partial charge in [0.15, 0.2) is 0 Å². The van der Waals surface area contributed by atoms with Gasteiger partial charge in [-0.25, -0.2) is 0 Å². The second-order valence-corrected chi connectivity index (χ2v) is 7.90. The summed E-state index contributed by atoms with van der Waals surface area (Å²) in [6.45, 7) is 8.32. The molecule has 1 unspecified atom stereocenters. The van der Waals surface area contributed by atoms with Crippen LogP contribution in [0.25, 0.3) is 0 Å². The fourth-order valence-electron chi connectivity index (χ4n) is 4.52. The molecule has 1 aliphatic rings. The zero-order valence-corrected chi connectivity index (χ0v) is 15.5. The molecule has 0 bridgehead atoms. The standard InChI is InChI=1S/C22H26O3/c1-15-6-9-18(23-15)21(4)12-5-13-22(14-21,19-10-7-16(2)24-19)20-11-8-17(3)25-20/h6-11H,5,12-14H2,1-4H3. The third-order valence-corrected chi connectivity index (χ3v) is 5.78. The highest BCUT2D eigenvalue weighted by Gasteiger charge is 2.50. The Kier molecular flexibility index (Phi) is 3.71. The van der Waals surface area contributed by atoms with Gasteiger partial charge >= 0.3 is 0 Å². The summed E-state index contributed by atoms with van der Waals surface area (Å²) in [5.41, 5.74) is -0.274. The van der Waals surface area contributed by atoms with Crippen LogP contribution in [-0.4, -0.2) is 0 Å². The maximum absolute atomic E-state index is 6.13. The molecule has 3 heterocycles. The summed E-state index contributed by atoms with van der Waals surface area (Å²) in [4.78, 5) is 0. The second-order valence-electron chi connectivity index (χ2n) is 7.90. The predicted octanol–water partition coefficient (Wildman–Crippen LogP) is 6.21. The van der Waals surface area contributed by atoms with E-state index in [1.165, 1.54) is 0 Å². The molecule has 0 N–H and O–H groups in total. The molecule has 25 heavy (non-hydrogen) atoms. The molecule has 0 saturated heterocycles. The van der Waals surface area contributed by atoms with Crippen LogP contribution in [0.1, 0.15) is 67.2 Å². The molecule has 0 spiro atoms. The highest BCUT2D eigenvalue weighted by molar-refractivity contribution is 5.34. The number of hydrogen-bond acceptors (Lipinski definition) is 3. The van der Waals surface area contributed by atoms with Crippen molar-refractivity contribution in [2.45, 2.75) is 64.2 Å². The van der Waals surface area contributed by atoms with Crippen LogP contribution in [0.3, 0.4) is 0 Å². The van der Waals surface area contributed by atoms with E-state index in [4.69, 9.17) is 13.3 Å². The van der Waals surface area contributed by atoms with Crippen LogP contribution in [0.4, 0.5) is 0 Å². The van der Waals surface area contributed by atoms with E-state index in [1.54, 1.807) is 0 Å². The quantitative estimate of drug-likeness (QED) is 0.570. The molecular formula is C22H26O3. The van der Waals surface area contributed by atoms with E-state index in [2.05, 4.69) is 43.3 Å². The van der Waals surface area contributed by atoms with Gasteiger partial charge in [0.05, 0.1) is 5.41 Å². The lowest BCUT2D eigenvalue weighted by atomic mass is 9.60. The van der Waals surface area contributed by atoms with Crippen molar-refractivity contribution in [3.63, 3.8) is 0 Å². The fourth-order valence-corrected chi connectivity index (χ4v) is 4.52. The molecule has 1 saturated carbocycles. The van der Waals surface area contributed by atoms with Crippen LogP contribution in [0, 0.1) is 20.8 Å². The lowest BCUT2D eigenvalue weighted by Gasteiger charge is -2.43. The maximum atomic E-state index is 6.13. The summed E-state index contributed by atoms with van der Waals surface area (Å²) in [5, 5.41) is 0. The van der Waals surface area contributed by atoms with Gasteiger partial charge in [0.1, 0.15) is 34.6 Å². The normalized spacial score (nSPS) is 23.0. The summed E-state index contributed by atoms with van der Waals surface area (Å²) in [6.07, 6.45) is 4.17. The number of aryl methyl sites for hydroxylation is 3. The SMILES string of the molecule is Cc1ccc(C2(C)CCCC(c3ccc(C)o3)(c3ccc(C)o3)C2)o1. The van der Waals surface area contributed by atoms with Gasteiger partial charge in [-0.05, 0) is 76.4 Å². The molecule has 3 nitrogen and oxygen atoms in total. The van der Waals surface area contributed by atoms with Crippen molar-refractivity contribution >= 4 is 0 Å². The summed E-state index contributed by atoms with van der Waals surface area (Å²) < 4.78 is 18.3. The van der Waals surface area contributed by atoms with Gasteiger partial charge in [0.2, 0.25) is 0 Å². The van der Waals surface area contributed by atoms with Crippen molar-refractivity contribution in [3.8, 4) is 0 Å². The van der Waals surface area contributed by atoms with Crippen LogP contribution >= 0.6 is 0 Å². The van der Waals surface area contributed by atoms with Crippen LogP contribution in [-0.2, 0) is 10.8 Å². The maximum Gasteiger partial charge on any atom is 0.117 e. The molecule has 1 fully saturated rings. The van der Waals surface area contributed by atoms with Gasteiger partial charge in [-0.3, -0.25) is 0 Å². The third kappa shape index (κ3) is 2.66. The first kappa shape index (κ1) is 16.3. The van der Waals surface area contributed by atoms with Gasteiger partial charge in [-0.2, -0.15) is 0 Å². The van der Waals surface area contributed by atoms with Crippen LogP contribution in [0.5, 0.6) is 0 Å². The van der Waals surface area contributed by atoms with E-state index in [1.807, 2.05) is 20.8 Å². The highest BCUT2D eigenvalue weighted by Crippen LogP contribution is 2.53. The Labute approximate surface area is 149 Å². The molecule has 3 aromatic heterocycles. The van der Waals surface area contributed by atoms with Crippen molar-refractivity contribution < 1.29 is 13.3 Å². The average Bonchev–Trinajstić information content (AvgIpc) is 3.29. The Balaban J connectivity index is 1.83. The molecule has 4 rings (SSSR count). The zero-order chi connectivity index (χ0) is 17.7. The van der Waals surface area contributed by atoms with Crippen molar-refractivity contribution in [3.05, 3.63) is 71.0 Å². The summed E-state index contributed by atoms with van der Waals surface area (Å²) in [7, 11) is 0. The molecule has 0 amide bonds. The van der Waals surface area contributed by atoms with E-state index in [0.29, 0.717) is 0 Å². The molecule has 0 radical (unpaired) electrons. The van der Waals surface area contributed by atoms with E-state index >= 15 is 0 Å². The summed E-state index contributed by atoms with van der Waals surface area (Å²) >= 11 is 0. The Bertz CT molecular complexity index is 838. The Morgan fingerprint density at radius 2 is 1.16 bits per heavy atom. The summed E-state index contributed by atoms with van der Waals surface area (Å²) in [6, 6.07) is 12.5. The molecular weight excluding hydrogens is 312 g/mol. The predicted molar refractivity (Wildman–Crippen MR) is 96.9 cm³/mol. The van der Waals surface area contributed by atoms with Crippen LogP contribution in [0.2, 0.25) is 0 Å². The summed E-state index contributed by atoms with van der Waals surface area (Å²) in [5.74, 6) is 5.94. The van der Waals surface area contributed by atoms with Gasteiger partial charge in [-0.1, -0.05) is 13.3 Å². The van der Waals surface area contributed by atoms with Crippen LogP contribution < -0.4 is 0 Å². The monoisotopic (exact) mass is 338 g/mol. The number of hydrogen-bond donors (Lipinski definition) is 0. The molecule has 1 aliphatic carbocycles. The van der Waals surface area contributed by atoms with Crippen molar-refractivity contribution in [2.75, 3.05) is 0 Å². The largest absolute Gasteiger partial charge is 0.466 e. The molecule has 3 aromatic rings. The Hall–Kier alpha value is -2.16. The van der Waals surface area contributed by atoms with Crippen molar-refractivity contribution in [1.29, 1.82) is 0 Å². The van der Waals surface area contributed by atoms with E-state index in [9.17, 15) is 0 Å². The molecule has 1 atom stereocenters. The van der Waals surface area contributed by atoms with Gasteiger partial charge in [-0.15, -0.1) is 0 Å².